The van der Waals surface area contributed by atoms with E-state index >= 15 is 0 Å². The highest BCUT2D eigenvalue weighted by molar-refractivity contribution is 6.25. The summed E-state index contributed by atoms with van der Waals surface area (Å²) < 4.78 is 0. The summed E-state index contributed by atoms with van der Waals surface area (Å²) in [7, 11) is 5.95. The highest BCUT2D eigenvalue weighted by Gasteiger charge is 2.16. The topological polar surface area (TPSA) is 31.2 Å². The van der Waals surface area contributed by atoms with Gasteiger partial charge in [0.05, 0.1) is 6.54 Å². The van der Waals surface area contributed by atoms with Gasteiger partial charge in [-0.1, -0.05) is 167 Å². The van der Waals surface area contributed by atoms with Crippen molar-refractivity contribution in [3.63, 3.8) is 0 Å². The molecule has 0 aliphatic carbocycles. The van der Waals surface area contributed by atoms with E-state index in [1.165, 1.54) is 77.0 Å². The molecule has 0 fully saturated rings. The van der Waals surface area contributed by atoms with Gasteiger partial charge in [0.2, 0.25) is 0 Å². The molecular formula is C55H60N4. The minimum atomic E-state index is 0. The van der Waals surface area contributed by atoms with Crippen LogP contribution in [0.3, 0.4) is 0 Å². The molecule has 4 heteroatoms. The van der Waals surface area contributed by atoms with Gasteiger partial charge in [-0.05, 0) is 110 Å². The Labute approximate surface area is 353 Å². The molecule has 0 aliphatic rings. The molecule has 0 N–H and O–H groups in total. The van der Waals surface area contributed by atoms with Gasteiger partial charge < -0.3 is 14.8 Å². The van der Waals surface area contributed by atoms with Gasteiger partial charge in [0, 0.05) is 45.5 Å². The summed E-state index contributed by atoms with van der Waals surface area (Å²) in [5, 5.41) is 7.81. The molecule has 0 saturated carbocycles. The van der Waals surface area contributed by atoms with Gasteiger partial charge in [-0.15, -0.1) is 0 Å². The lowest BCUT2D eigenvalue weighted by atomic mass is 9.88. The molecule has 8 aromatic carbocycles. The van der Waals surface area contributed by atoms with E-state index in [-0.39, 0.29) is 7.43 Å². The molecule has 0 aromatic heterocycles. The SMILES string of the molecule is C.C/C=C(/c1ccc(-c2cc(CN(C)C(=NCc3ccccc3)c3ccccc3)cc(-c3ccc4ccc5cccc6ccc3c4c56)c2)cc1)N(C)CC.C=NC.CC. The summed E-state index contributed by atoms with van der Waals surface area (Å²) in [6.45, 7) is 13.7. The summed E-state index contributed by atoms with van der Waals surface area (Å²) >= 11 is 0. The predicted molar refractivity (Wildman–Crippen MR) is 261 cm³/mol. The lowest BCUT2D eigenvalue weighted by Crippen LogP contribution is -2.27. The van der Waals surface area contributed by atoms with Crippen molar-refractivity contribution in [1.82, 2.24) is 9.80 Å². The van der Waals surface area contributed by atoms with Crippen molar-refractivity contribution < 1.29 is 0 Å². The average Bonchev–Trinajstić information content (AvgIpc) is 3.27. The molecule has 0 saturated heterocycles. The van der Waals surface area contributed by atoms with Crippen LogP contribution in [0, 0.1) is 0 Å². The first-order valence-corrected chi connectivity index (χ1v) is 20.4. The van der Waals surface area contributed by atoms with Crippen LogP contribution < -0.4 is 0 Å². The van der Waals surface area contributed by atoms with E-state index in [0.29, 0.717) is 13.1 Å². The number of benzene rings is 8. The molecular weight excluding hydrogens is 717 g/mol. The van der Waals surface area contributed by atoms with E-state index in [9.17, 15) is 0 Å². The quantitative estimate of drug-likeness (QED) is 0.0787. The fourth-order valence-corrected chi connectivity index (χ4v) is 7.82. The molecule has 0 atom stereocenters. The van der Waals surface area contributed by atoms with Crippen molar-refractivity contribution in [3.8, 4) is 22.3 Å². The van der Waals surface area contributed by atoms with Crippen LogP contribution in [-0.4, -0.2) is 50.0 Å². The van der Waals surface area contributed by atoms with E-state index < -0.39 is 0 Å². The predicted octanol–water partition coefficient (Wildman–Crippen LogP) is 14.3. The Hall–Kier alpha value is -6.52. The molecule has 8 aromatic rings. The maximum absolute atomic E-state index is 5.20. The van der Waals surface area contributed by atoms with Crippen LogP contribution in [0.4, 0.5) is 0 Å². The van der Waals surface area contributed by atoms with Crippen LogP contribution in [0.5, 0.6) is 0 Å². The molecule has 0 unspecified atom stereocenters. The van der Waals surface area contributed by atoms with Gasteiger partial charge in [-0.2, -0.15) is 0 Å². The summed E-state index contributed by atoms with van der Waals surface area (Å²) in [5.74, 6) is 0.979. The third kappa shape index (κ3) is 9.79. The molecule has 0 radical (unpaired) electrons. The molecule has 0 aliphatic heterocycles. The molecule has 300 valence electrons. The molecule has 4 nitrogen and oxygen atoms in total. The Bertz CT molecular complexity index is 2610. The van der Waals surface area contributed by atoms with Crippen LogP contribution in [-0.2, 0) is 13.1 Å². The summed E-state index contributed by atoms with van der Waals surface area (Å²) in [4.78, 5) is 13.0. The van der Waals surface area contributed by atoms with E-state index in [2.05, 4.69) is 213 Å². The van der Waals surface area contributed by atoms with Gasteiger partial charge in [0.25, 0.3) is 0 Å². The zero-order valence-electron chi connectivity index (χ0n) is 35.2. The van der Waals surface area contributed by atoms with Crippen LogP contribution in [0.25, 0.3) is 60.3 Å². The number of rotatable bonds is 10. The molecule has 0 heterocycles. The molecule has 0 bridgehead atoms. The molecule has 0 spiro atoms. The minimum Gasteiger partial charge on any atom is -0.375 e. The number of hydrogen-bond acceptors (Lipinski definition) is 3. The van der Waals surface area contributed by atoms with E-state index in [1.54, 1.807) is 7.05 Å². The Morgan fingerprint density at radius 3 is 1.80 bits per heavy atom. The van der Waals surface area contributed by atoms with Gasteiger partial charge in [-0.25, -0.2) is 0 Å². The Morgan fingerprint density at radius 1 is 0.593 bits per heavy atom. The first-order valence-electron chi connectivity index (χ1n) is 20.4. The summed E-state index contributed by atoms with van der Waals surface area (Å²) in [6, 6.07) is 57.6. The number of allylic oxidation sites excluding steroid dienone is 1. The fourth-order valence-electron chi connectivity index (χ4n) is 7.82. The van der Waals surface area contributed by atoms with Gasteiger partial charge in [0.1, 0.15) is 5.84 Å². The smallest absolute Gasteiger partial charge is 0.131 e. The monoisotopic (exact) mass is 776 g/mol. The van der Waals surface area contributed by atoms with Crippen LogP contribution >= 0.6 is 0 Å². The maximum atomic E-state index is 5.20. The second-order valence-corrected chi connectivity index (χ2v) is 14.3. The first kappa shape index (κ1) is 43.6. The normalized spacial score (nSPS) is 11.3. The van der Waals surface area contributed by atoms with E-state index in [4.69, 9.17) is 4.99 Å². The zero-order valence-corrected chi connectivity index (χ0v) is 35.2. The first-order chi connectivity index (χ1) is 28.4. The molecule has 59 heavy (non-hydrogen) atoms. The number of aliphatic imine (C=N–C) groups is 2. The summed E-state index contributed by atoms with van der Waals surface area (Å²) in [6.07, 6.45) is 2.20. The second-order valence-electron chi connectivity index (χ2n) is 14.3. The third-order valence-electron chi connectivity index (χ3n) is 10.6. The Kier molecular flexibility index (Phi) is 15.3. The minimum absolute atomic E-state index is 0. The number of nitrogens with zero attached hydrogens (tertiary/aromatic N) is 4. The van der Waals surface area contributed by atoms with Crippen molar-refractivity contribution >= 4 is 50.6 Å². The highest BCUT2D eigenvalue weighted by atomic mass is 15.2. The van der Waals surface area contributed by atoms with E-state index in [0.717, 1.165) is 17.9 Å². The van der Waals surface area contributed by atoms with Crippen LogP contribution in [0.15, 0.2) is 174 Å². The lowest BCUT2D eigenvalue weighted by Gasteiger charge is -2.23. The van der Waals surface area contributed by atoms with Crippen molar-refractivity contribution in [2.75, 3.05) is 27.7 Å². The number of amidine groups is 1. The maximum Gasteiger partial charge on any atom is 0.131 e. The molecule has 0 amide bonds. The van der Waals surface area contributed by atoms with Crippen LogP contribution in [0.2, 0.25) is 0 Å². The van der Waals surface area contributed by atoms with Gasteiger partial charge in [-0.3, -0.25) is 4.99 Å². The van der Waals surface area contributed by atoms with Crippen molar-refractivity contribution in [3.05, 3.63) is 186 Å². The third-order valence-corrected chi connectivity index (χ3v) is 10.6. The fraction of sp³-hybridized carbons (Fsp3) is 0.200. The zero-order chi connectivity index (χ0) is 41.0. The largest absolute Gasteiger partial charge is 0.375 e. The summed E-state index contributed by atoms with van der Waals surface area (Å²) in [5.41, 5.74) is 10.9. The number of hydrogen-bond donors (Lipinski definition) is 0. The van der Waals surface area contributed by atoms with Crippen molar-refractivity contribution in [2.45, 2.75) is 48.2 Å². The van der Waals surface area contributed by atoms with Gasteiger partial charge in [0.15, 0.2) is 0 Å². The van der Waals surface area contributed by atoms with E-state index in [1.807, 2.05) is 13.8 Å². The average molecular weight is 777 g/mol. The van der Waals surface area contributed by atoms with Gasteiger partial charge >= 0.3 is 0 Å². The Balaban J connectivity index is 0.00000106. The highest BCUT2D eigenvalue weighted by Crippen LogP contribution is 2.40. The standard InChI is InChI=1S/C50H45N3.C2H5N.C2H6.CH4/c1-5-47(52(3)6-2)38-22-20-37(21-23-38)43-30-36(34-53(4)50(42-16-11-8-12-17-42)51-33-35-14-9-7-10-15-35)31-44(32-43)45-28-26-41-25-24-39-18-13-19-40-27-29-46(45)49(41)48(39)40;1-3-2;1-2;/h5,7-32H,6,33-34H2,1-4H3;1H2,2H3;1-2H3;1H4/b47-5-,51-50?;;;. The second kappa shape index (κ2) is 20.8. The lowest BCUT2D eigenvalue weighted by molar-refractivity contribution is 0.499. The molecule has 8 rings (SSSR count). The Morgan fingerprint density at radius 2 is 1.17 bits per heavy atom. The van der Waals surface area contributed by atoms with Crippen LogP contribution in [0.1, 0.15) is 57.4 Å². The van der Waals surface area contributed by atoms with Crippen molar-refractivity contribution in [2.24, 2.45) is 9.98 Å². The van der Waals surface area contributed by atoms with Crippen molar-refractivity contribution in [1.29, 1.82) is 0 Å².